The van der Waals surface area contributed by atoms with Gasteiger partial charge in [0, 0.05) is 29.1 Å². The second-order valence-corrected chi connectivity index (χ2v) is 8.11. The standard InChI is InChI=1S/C23H17N3O5S/c1-15-19(13-16-7-3-2-4-8-16)23(27)18-9-5-6-10-20(18)24(15)32-22-12-11-17(25(28)29)14-21(22)26(30)31/h2-12,14H,13H2,1H3. The van der Waals surface area contributed by atoms with Crippen molar-refractivity contribution in [2.45, 2.75) is 18.2 Å². The fourth-order valence-electron chi connectivity index (χ4n) is 3.54. The van der Waals surface area contributed by atoms with Gasteiger partial charge in [-0.3, -0.25) is 29.0 Å². The highest BCUT2D eigenvalue weighted by molar-refractivity contribution is 7.98. The van der Waals surface area contributed by atoms with Gasteiger partial charge in [0.15, 0.2) is 5.43 Å². The summed E-state index contributed by atoms with van der Waals surface area (Å²) >= 11 is 1.07. The summed E-state index contributed by atoms with van der Waals surface area (Å²) in [6, 6.07) is 20.2. The van der Waals surface area contributed by atoms with Gasteiger partial charge in [-0.25, -0.2) is 0 Å². The third-order valence-corrected chi connectivity index (χ3v) is 6.34. The molecule has 32 heavy (non-hydrogen) atoms. The van der Waals surface area contributed by atoms with E-state index in [9.17, 15) is 25.0 Å². The number of nitro groups is 2. The van der Waals surface area contributed by atoms with Crippen LogP contribution in [0.3, 0.4) is 0 Å². The zero-order chi connectivity index (χ0) is 22.8. The Kier molecular flexibility index (Phi) is 5.74. The molecule has 0 saturated heterocycles. The van der Waals surface area contributed by atoms with Crippen LogP contribution in [0.2, 0.25) is 0 Å². The zero-order valence-electron chi connectivity index (χ0n) is 16.9. The summed E-state index contributed by atoms with van der Waals surface area (Å²) in [5.74, 6) is 0. The highest BCUT2D eigenvalue weighted by Crippen LogP contribution is 2.36. The van der Waals surface area contributed by atoms with Crippen molar-refractivity contribution in [3.05, 3.63) is 120 Å². The van der Waals surface area contributed by atoms with Gasteiger partial charge in [0.2, 0.25) is 0 Å². The van der Waals surface area contributed by atoms with Gasteiger partial charge >= 0.3 is 0 Å². The first-order valence-corrected chi connectivity index (χ1v) is 10.4. The molecule has 0 fully saturated rings. The number of benzene rings is 3. The first kappa shape index (κ1) is 21.3. The number of hydrogen-bond acceptors (Lipinski definition) is 6. The molecule has 0 aliphatic rings. The van der Waals surface area contributed by atoms with Gasteiger partial charge in [0.05, 0.1) is 21.4 Å². The van der Waals surface area contributed by atoms with E-state index in [1.54, 1.807) is 35.2 Å². The number of aromatic nitrogens is 1. The predicted molar refractivity (Wildman–Crippen MR) is 123 cm³/mol. The van der Waals surface area contributed by atoms with Crippen molar-refractivity contribution in [1.29, 1.82) is 0 Å². The normalized spacial score (nSPS) is 10.9. The van der Waals surface area contributed by atoms with Crippen molar-refractivity contribution in [3.63, 3.8) is 0 Å². The highest BCUT2D eigenvalue weighted by Gasteiger charge is 2.22. The topological polar surface area (TPSA) is 108 Å². The Morgan fingerprint density at radius 3 is 2.28 bits per heavy atom. The van der Waals surface area contributed by atoms with Gasteiger partial charge < -0.3 is 0 Å². The molecule has 0 radical (unpaired) electrons. The van der Waals surface area contributed by atoms with Gasteiger partial charge in [0.1, 0.15) is 4.90 Å². The van der Waals surface area contributed by atoms with Crippen LogP contribution < -0.4 is 5.43 Å². The summed E-state index contributed by atoms with van der Waals surface area (Å²) < 4.78 is 1.78. The molecule has 0 bridgehead atoms. The van der Waals surface area contributed by atoms with Crippen LogP contribution >= 0.6 is 11.9 Å². The number of para-hydroxylation sites is 1. The molecule has 0 amide bonds. The van der Waals surface area contributed by atoms with Gasteiger partial charge in [0.25, 0.3) is 11.4 Å². The Labute approximate surface area is 186 Å². The van der Waals surface area contributed by atoms with Crippen molar-refractivity contribution < 1.29 is 9.85 Å². The molecule has 1 aromatic heterocycles. The maximum Gasteiger partial charge on any atom is 0.291 e. The van der Waals surface area contributed by atoms with Crippen LogP contribution in [0.5, 0.6) is 0 Å². The lowest BCUT2D eigenvalue weighted by molar-refractivity contribution is -0.396. The molecule has 0 unspecified atom stereocenters. The summed E-state index contributed by atoms with van der Waals surface area (Å²) in [4.78, 5) is 34.9. The van der Waals surface area contributed by atoms with E-state index in [1.165, 1.54) is 12.1 Å². The van der Waals surface area contributed by atoms with Gasteiger partial charge in [-0.2, -0.15) is 0 Å². The molecule has 0 atom stereocenters. The van der Waals surface area contributed by atoms with E-state index in [2.05, 4.69) is 0 Å². The molecule has 9 heteroatoms. The van der Waals surface area contributed by atoms with Crippen LogP contribution in [0.1, 0.15) is 16.8 Å². The fraction of sp³-hybridized carbons (Fsp3) is 0.0870. The van der Waals surface area contributed by atoms with Crippen molar-refractivity contribution in [3.8, 4) is 0 Å². The average Bonchev–Trinajstić information content (AvgIpc) is 2.80. The van der Waals surface area contributed by atoms with E-state index in [-0.39, 0.29) is 21.7 Å². The Hall–Kier alpha value is -3.98. The zero-order valence-corrected chi connectivity index (χ0v) is 17.7. The quantitative estimate of drug-likeness (QED) is 0.294. The number of hydrogen-bond donors (Lipinski definition) is 0. The molecule has 3 aromatic carbocycles. The lowest BCUT2D eigenvalue weighted by atomic mass is 10.0. The summed E-state index contributed by atoms with van der Waals surface area (Å²) in [7, 11) is 0. The average molecular weight is 447 g/mol. The van der Waals surface area contributed by atoms with E-state index in [0.717, 1.165) is 23.6 Å². The molecule has 1 heterocycles. The monoisotopic (exact) mass is 447 g/mol. The Bertz CT molecular complexity index is 1420. The van der Waals surface area contributed by atoms with Crippen LogP contribution in [-0.4, -0.2) is 13.8 Å². The fourth-order valence-corrected chi connectivity index (χ4v) is 4.59. The summed E-state index contributed by atoms with van der Waals surface area (Å²) in [5.41, 5.74) is 2.03. The largest absolute Gasteiger partial charge is 0.291 e. The molecule has 160 valence electrons. The van der Waals surface area contributed by atoms with Crippen molar-refractivity contribution in [2.24, 2.45) is 0 Å². The molecule has 0 N–H and O–H groups in total. The maximum absolute atomic E-state index is 13.2. The number of pyridine rings is 1. The van der Waals surface area contributed by atoms with Gasteiger partial charge in [-0.1, -0.05) is 42.5 Å². The minimum atomic E-state index is -0.667. The van der Waals surface area contributed by atoms with E-state index < -0.39 is 9.85 Å². The minimum Gasteiger partial charge on any atom is -0.289 e. The smallest absolute Gasteiger partial charge is 0.289 e. The lowest BCUT2D eigenvalue weighted by Gasteiger charge is -2.17. The SMILES string of the molecule is Cc1c(Cc2ccccc2)c(=O)c2ccccc2n1Sc1ccc([N+](=O)[O-])cc1[N+](=O)[O-]. The van der Waals surface area contributed by atoms with E-state index in [1.807, 2.05) is 30.3 Å². The molecule has 0 spiro atoms. The first-order valence-electron chi connectivity index (χ1n) is 9.65. The third-order valence-electron chi connectivity index (χ3n) is 5.15. The number of nitrogens with zero attached hydrogens (tertiary/aromatic N) is 3. The second-order valence-electron chi connectivity index (χ2n) is 7.12. The highest BCUT2D eigenvalue weighted by atomic mass is 32.2. The van der Waals surface area contributed by atoms with Gasteiger partial charge in [-0.15, -0.1) is 0 Å². The number of nitro benzene ring substituents is 2. The molecular weight excluding hydrogens is 430 g/mol. The van der Waals surface area contributed by atoms with E-state index in [0.29, 0.717) is 28.6 Å². The van der Waals surface area contributed by atoms with Crippen LogP contribution in [0, 0.1) is 27.2 Å². The molecule has 0 aliphatic heterocycles. The Balaban J connectivity index is 1.91. The minimum absolute atomic E-state index is 0.0861. The van der Waals surface area contributed by atoms with E-state index in [4.69, 9.17) is 0 Å². The van der Waals surface area contributed by atoms with Crippen LogP contribution in [-0.2, 0) is 6.42 Å². The van der Waals surface area contributed by atoms with Crippen LogP contribution in [0.4, 0.5) is 11.4 Å². The van der Waals surface area contributed by atoms with Crippen molar-refractivity contribution >= 4 is 34.2 Å². The molecule has 4 rings (SSSR count). The number of rotatable bonds is 6. The second kappa shape index (κ2) is 8.64. The molecular formula is C23H17N3O5S. The predicted octanol–water partition coefficient (Wildman–Crippen LogP) is 5.27. The molecule has 8 nitrogen and oxygen atoms in total. The van der Waals surface area contributed by atoms with Gasteiger partial charge in [-0.05, 0) is 42.6 Å². The van der Waals surface area contributed by atoms with Crippen molar-refractivity contribution in [2.75, 3.05) is 0 Å². The Morgan fingerprint density at radius 2 is 1.59 bits per heavy atom. The molecule has 0 aliphatic carbocycles. The van der Waals surface area contributed by atoms with Crippen LogP contribution in [0.25, 0.3) is 10.9 Å². The third kappa shape index (κ3) is 3.97. The number of non-ortho nitro benzene ring substituents is 1. The van der Waals surface area contributed by atoms with Crippen molar-refractivity contribution in [1.82, 2.24) is 3.97 Å². The summed E-state index contributed by atoms with van der Waals surface area (Å²) in [5, 5.41) is 23.2. The summed E-state index contributed by atoms with van der Waals surface area (Å²) in [6.45, 7) is 1.80. The summed E-state index contributed by atoms with van der Waals surface area (Å²) in [6.07, 6.45) is 0.416. The Morgan fingerprint density at radius 1 is 0.906 bits per heavy atom. The lowest BCUT2D eigenvalue weighted by Crippen LogP contribution is -2.17. The maximum atomic E-state index is 13.2. The van der Waals surface area contributed by atoms with Crippen LogP contribution in [0.15, 0.2) is 82.5 Å². The van der Waals surface area contributed by atoms with E-state index >= 15 is 0 Å². The molecule has 0 saturated carbocycles. The molecule has 4 aromatic rings. The first-order chi connectivity index (χ1) is 15.4. The number of fused-ring (bicyclic) bond motifs is 1.